The molecule has 2 aromatic rings. The van der Waals surface area contributed by atoms with E-state index in [1.807, 2.05) is 0 Å². The summed E-state index contributed by atoms with van der Waals surface area (Å²) < 4.78 is 33.7. The zero-order chi connectivity index (χ0) is 30.7. The zero-order valence-corrected chi connectivity index (χ0v) is 23.7. The lowest BCUT2D eigenvalue weighted by atomic mass is 9.98. The van der Waals surface area contributed by atoms with Crippen LogP contribution in [0.15, 0.2) is 21.6 Å². The monoisotopic (exact) mass is 626 g/mol. The summed E-state index contributed by atoms with van der Waals surface area (Å²) in [6, 6.07) is -2.68. The summed E-state index contributed by atoms with van der Waals surface area (Å²) in [5, 5.41) is 24.9. The second-order valence-corrected chi connectivity index (χ2v) is 11.9. The van der Waals surface area contributed by atoms with Crippen LogP contribution in [0.5, 0.6) is 0 Å². The topological polar surface area (TPSA) is 299 Å². The molecule has 42 heavy (non-hydrogen) atoms. The van der Waals surface area contributed by atoms with Crippen LogP contribution in [0.2, 0.25) is 0 Å². The summed E-state index contributed by atoms with van der Waals surface area (Å²) in [4.78, 5) is 50.8. The lowest BCUT2D eigenvalue weighted by Crippen LogP contribution is -2.73. The Morgan fingerprint density at radius 3 is 2.60 bits per heavy atom. The number of rotatable bonds is 15. The van der Waals surface area contributed by atoms with Gasteiger partial charge >= 0.3 is 16.3 Å². The highest BCUT2D eigenvalue weighted by atomic mass is 32.2. The van der Waals surface area contributed by atoms with E-state index in [0.29, 0.717) is 44.6 Å². The fraction of sp³-hybridized carbons (Fsp3) is 0.524. The molecule has 21 heteroatoms. The maximum absolute atomic E-state index is 13.3. The number of β-lactam (4-membered cyclic amide) rings is 1. The highest BCUT2D eigenvalue weighted by molar-refractivity contribution is 7.84. The van der Waals surface area contributed by atoms with Gasteiger partial charge in [-0.05, 0) is 25.8 Å². The van der Waals surface area contributed by atoms with Crippen molar-refractivity contribution in [2.45, 2.75) is 44.4 Å². The fourth-order valence-electron chi connectivity index (χ4n) is 4.13. The van der Waals surface area contributed by atoms with Crippen LogP contribution in [-0.2, 0) is 37.8 Å². The van der Waals surface area contributed by atoms with Gasteiger partial charge in [0.05, 0.1) is 30.4 Å². The summed E-state index contributed by atoms with van der Waals surface area (Å²) in [6.07, 6.45) is 2.87. The number of amides is 2. The maximum atomic E-state index is 13.3. The minimum absolute atomic E-state index is 0.00187. The first-order chi connectivity index (χ1) is 19.8. The van der Waals surface area contributed by atoms with Gasteiger partial charge in [0.15, 0.2) is 11.1 Å². The van der Waals surface area contributed by atoms with Gasteiger partial charge in [0.1, 0.15) is 23.5 Å². The molecule has 2 unspecified atom stereocenters. The minimum Gasteiger partial charge on any atom is -0.481 e. The number of hydrogen-bond acceptors (Lipinski definition) is 13. The first-order valence-corrected chi connectivity index (χ1v) is 14.8. The number of aliphatic carboxylic acids is 1. The average molecular weight is 627 g/mol. The van der Waals surface area contributed by atoms with Gasteiger partial charge in [-0.15, -0.1) is 11.3 Å². The Morgan fingerprint density at radius 1 is 1.26 bits per heavy atom. The molecule has 1 saturated carbocycles. The number of carboxylic acids is 1. The third-order valence-corrected chi connectivity index (χ3v) is 8.20. The van der Waals surface area contributed by atoms with Crippen molar-refractivity contribution >= 4 is 56.2 Å². The number of aromatic nitrogens is 4. The minimum atomic E-state index is -4.98. The molecule has 4 rings (SSSR count). The van der Waals surface area contributed by atoms with Gasteiger partial charge in [0.25, 0.3) is 11.8 Å². The molecule has 2 fully saturated rings. The summed E-state index contributed by atoms with van der Waals surface area (Å²) in [7, 11) is -4.98. The van der Waals surface area contributed by atoms with Crippen LogP contribution in [0.1, 0.15) is 30.7 Å². The number of nitrogens with two attached hydrogens (primary N) is 3. The number of nitrogen functional groups attached to an aromatic ring is 1. The molecule has 0 radical (unpaired) electrons. The lowest BCUT2D eigenvalue weighted by Gasteiger charge is -2.43. The van der Waals surface area contributed by atoms with E-state index in [1.54, 1.807) is 0 Å². The van der Waals surface area contributed by atoms with Crippen molar-refractivity contribution in [2.24, 2.45) is 26.9 Å². The zero-order valence-electron chi connectivity index (χ0n) is 22.1. The third kappa shape index (κ3) is 7.16. The number of carbonyl (C=O) groups is 3. The molecule has 0 spiro atoms. The van der Waals surface area contributed by atoms with Crippen molar-refractivity contribution in [1.82, 2.24) is 34.9 Å². The van der Waals surface area contributed by atoms with E-state index in [-0.39, 0.29) is 39.9 Å². The molecule has 19 nitrogen and oxygen atoms in total. The second-order valence-electron chi connectivity index (χ2n) is 9.68. The molecular formula is C21H30N12O7S2. The van der Waals surface area contributed by atoms with Crippen molar-refractivity contribution in [1.29, 1.82) is 0 Å². The van der Waals surface area contributed by atoms with Gasteiger partial charge in [-0.25, -0.2) is 9.29 Å². The summed E-state index contributed by atoms with van der Waals surface area (Å²) in [5.41, 5.74) is 15.5. The van der Waals surface area contributed by atoms with Gasteiger partial charge in [0.2, 0.25) is 0 Å². The van der Waals surface area contributed by atoms with Gasteiger partial charge in [-0.2, -0.15) is 23.4 Å². The van der Waals surface area contributed by atoms with E-state index in [4.69, 9.17) is 17.2 Å². The van der Waals surface area contributed by atoms with Crippen molar-refractivity contribution in [3.63, 3.8) is 0 Å². The van der Waals surface area contributed by atoms with E-state index in [1.165, 1.54) is 11.6 Å². The van der Waals surface area contributed by atoms with E-state index < -0.39 is 45.6 Å². The van der Waals surface area contributed by atoms with Crippen LogP contribution in [0, 0.1) is 5.41 Å². The highest BCUT2D eigenvalue weighted by Gasteiger charge is 2.55. The quantitative estimate of drug-likeness (QED) is 0.0339. The van der Waals surface area contributed by atoms with Gasteiger partial charge in [-0.1, -0.05) is 0 Å². The Hall–Kier alpha value is -4.21. The number of hydrogen-bond donors (Lipinski definition) is 7. The lowest BCUT2D eigenvalue weighted by molar-refractivity contribution is -0.145. The van der Waals surface area contributed by atoms with Crippen LogP contribution < -0.4 is 27.8 Å². The largest absolute Gasteiger partial charge is 0.481 e. The second kappa shape index (κ2) is 12.3. The Kier molecular flexibility index (Phi) is 9.03. The standard InChI is InChI=1S/C21H30N12O7S2/c22-19(23)26-5-1-4-25-6-11-7-28-32(31-11)8-13-15(17(35)33(13)42(38,39)40)30-16(34)14(12-9-41-20(24)29-12)27-10-21(2-3-21)18(36)37/h7,9,13,15,25H,1-6,8,10H2,(H2,24,29)(H,30,34)(H,36,37)(H4,22,23,26)(H,38,39,40). The molecule has 2 aromatic heterocycles. The molecule has 1 aliphatic heterocycles. The number of aliphatic imine (C=N–C) groups is 2. The maximum Gasteiger partial charge on any atom is 0.362 e. The summed E-state index contributed by atoms with van der Waals surface area (Å²) in [5.74, 6) is -3.04. The van der Waals surface area contributed by atoms with E-state index in [0.717, 1.165) is 16.1 Å². The number of guanidine groups is 1. The molecular weight excluding hydrogens is 596 g/mol. The number of thiazole rings is 1. The SMILES string of the molecule is NC(N)=NCCCNCc1cnn(CC2C(NC(=O)C(=NCC3(C(=O)O)CC3)c3csc(N)n3)C(=O)N2S(=O)(=O)O)n1. The van der Waals surface area contributed by atoms with Crippen molar-refractivity contribution < 1.29 is 32.5 Å². The first-order valence-electron chi connectivity index (χ1n) is 12.6. The van der Waals surface area contributed by atoms with Crippen molar-refractivity contribution in [2.75, 3.05) is 25.4 Å². The summed E-state index contributed by atoms with van der Waals surface area (Å²) >= 11 is 1.02. The molecule has 1 aliphatic carbocycles. The molecule has 2 amide bonds. The van der Waals surface area contributed by atoms with Crippen molar-refractivity contribution in [3.8, 4) is 0 Å². The highest BCUT2D eigenvalue weighted by Crippen LogP contribution is 2.46. The molecule has 10 N–H and O–H groups in total. The fourth-order valence-corrected chi connectivity index (χ4v) is 5.55. The average Bonchev–Trinajstić information content (AvgIpc) is 3.37. The Bertz CT molecular complexity index is 1510. The van der Waals surface area contributed by atoms with Crippen LogP contribution in [0.4, 0.5) is 5.13 Å². The van der Waals surface area contributed by atoms with Crippen LogP contribution in [-0.4, -0.2) is 104 Å². The van der Waals surface area contributed by atoms with Crippen molar-refractivity contribution in [3.05, 3.63) is 23.0 Å². The third-order valence-electron chi connectivity index (χ3n) is 6.58. The first kappa shape index (κ1) is 30.7. The van der Waals surface area contributed by atoms with Crippen LogP contribution in [0.25, 0.3) is 0 Å². The number of nitrogens with one attached hydrogen (secondary N) is 2. The normalized spacial score (nSPS) is 19.7. The molecule has 0 aromatic carbocycles. The molecule has 2 atom stereocenters. The van der Waals surface area contributed by atoms with Crippen LogP contribution in [0.3, 0.4) is 0 Å². The number of anilines is 1. The van der Waals surface area contributed by atoms with Gasteiger partial charge in [-0.3, -0.25) is 28.9 Å². The smallest absolute Gasteiger partial charge is 0.362 e. The van der Waals surface area contributed by atoms with Gasteiger partial charge < -0.3 is 32.9 Å². The number of carboxylic acid groups (broad SMARTS) is 1. The molecule has 3 heterocycles. The van der Waals surface area contributed by atoms with Gasteiger partial charge in [0, 0.05) is 18.5 Å². The van der Waals surface area contributed by atoms with E-state index in [2.05, 4.69) is 35.8 Å². The molecule has 1 saturated heterocycles. The Morgan fingerprint density at radius 2 is 2.00 bits per heavy atom. The predicted octanol–water partition coefficient (Wildman–Crippen LogP) is -3.08. The van der Waals surface area contributed by atoms with E-state index >= 15 is 0 Å². The molecule has 0 bridgehead atoms. The number of carbonyl (C=O) groups excluding carboxylic acids is 2. The van der Waals surface area contributed by atoms with Crippen LogP contribution >= 0.6 is 11.3 Å². The summed E-state index contributed by atoms with van der Waals surface area (Å²) in [6.45, 7) is 0.845. The van der Waals surface area contributed by atoms with E-state index in [9.17, 15) is 32.5 Å². The predicted molar refractivity (Wildman–Crippen MR) is 148 cm³/mol. The Labute approximate surface area is 243 Å². The number of nitrogens with zero attached hydrogens (tertiary/aromatic N) is 7. The molecule has 2 aliphatic rings. The Balaban J connectivity index is 1.45. The molecule has 228 valence electrons.